The van der Waals surface area contributed by atoms with E-state index in [-0.39, 0.29) is 10.7 Å². The van der Waals surface area contributed by atoms with Crippen molar-refractivity contribution >= 4 is 26.2 Å². The zero-order valence-corrected chi connectivity index (χ0v) is 24.3. The number of furan rings is 1. The largest absolute Gasteiger partial charge is 0.543 e. The number of anilines is 1. The normalized spacial score (nSPS) is 12.3. The summed E-state index contributed by atoms with van der Waals surface area (Å²) in [5, 5.41) is 12.9. The summed E-state index contributed by atoms with van der Waals surface area (Å²) in [5.41, 5.74) is 4.29. The van der Waals surface area contributed by atoms with E-state index in [0.29, 0.717) is 29.4 Å². The van der Waals surface area contributed by atoms with Crippen LogP contribution in [0.1, 0.15) is 43.4 Å². The second kappa shape index (κ2) is 11.3. The van der Waals surface area contributed by atoms with Crippen LogP contribution >= 0.6 is 0 Å². The minimum Gasteiger partial charge on any atom is -0.543 e. The van der Waals surface area contributed by atoms with Crippen molar-refractivity contribution in [3.8, 4) is 17.0 Å². The number of aromatic nitrogens is 2. The Balaban J connectivity index is 1.72. The van der Waals surface area contributed by atoms with Gasteiger partial charge in [0, 0.05) is 18.1 Å². The SMILES string of the molecule is Cc1cccc(Cc2nc(-c3cccc(O[Si](C)(C)C(C)(C)C)c3)cnc2N/C(=C\c2ccco2)C(=O)O)c1. The molecule has 2 aromatic carbocycles. The Hall–Kier alpha value is -4.17. The first-order valence-corrected chi connectivity index (χ1v) is 15.8. The molecule has 0 aliphatic heterocycles. The third kappa shape index (κ3) is 7.03. The minimum atomic E-state index is -2.02. The predicted octanol–water partition coefficient (Wildman–Crippen LogP) is 7.56. The van der Waals surface area contributed by atoms with E-state index in [1.54, 1.807) is 18.3 Å². The van der Waals surface area contributed by atoms with Crippen LogP contribution in [0.4, 0.5) is 5.82 Å². The Morgan fingerprint density at radius 2 is 1.87 bits per heavy atom. The zero-order chi connectivity index (χ0) is 28.2. The topological polar surface area (TPSA) is 97.5 Å². The smallest absolute Gasteiger partial charge is 0.352 e. The molecule has 0 amide bonds. The molecule has 0 unspecified atom stereocenters. The molecule has 0 spiro atoms. The van der Waals surface area contributed by atoms with E-state index in [1.807, 2.05) is 49.4 Å². The highest BCUT2D eigenvalue weighted by Crippen LogP contribution is 2.38. The van der Waals surface area contributed by atoms with Gasteiger partial charge in [0.1, 0.15) is 17.2 Å². The van der Waals surface area contributed by atoms with Gasteiger partial charge in [0.25, 0.3) is 0 Å². The second-order valence-corrected chi connectivity index (χ2v) is 15.8. The lowest BCUT2D eigenvalue weighted by atomic mass is 10.1. The van der Waals surface area contributed by atoms with Crippen LogP contribution in [0.2, 0.25) is 18.1 Å². The van der Waals surface area contributed by atoms with Crippen LogP contribution in [-0.4, -0.2) is 29.4 Å². The van der Waals surface area contributed by atoms with E-state index in [2.05, 4.69) is 50.2 Å². The molecule has 4 aromatic rings. The molecule has 0 radical (unpaired) electrons. The van der Waals surface area contributed by atoms with Crippen LogP contribution in [0.3, 0.4) is 0 Å². The summed E-state index contributed by atoms with van der Waals surface area (Å²) in [5.74, 6) is 0.463. The van der Waals surface area contributed by atoms with Gasteiger partial charge < -0.3 is 19.3 Å². The summed E-state index contributed by atoms with van der Waals surface area (Å²) in [4.78, 5) is 21.6. The molecule has 0 aliphatic carbocycles. The number of hydrogen-bond acceptors (Lipinski definition) is 6. The van der Waals surface area contributed by atoms with Crippen molar-refractivity contribution in [1.29, 1.82) is 0 Å². The maximum absolute atomic E-state index is 12.0. The van der Waals surface area contributed by atoms with E-state index >= 15 is 0 Å². The van der Waals surface area contributed by atoms with Crippen molar-refractivity contribution in [2.75, 3.05) is 5.32 Å². The van der Waals surface area contributed by atoms with Crippen LogP contribution in [0.5, 0.6) is 5.75 Å². The lowest BCUT2D eigenvalue weighted by Gasteiger charge is -2.36. The molecule has 2 N–H and O–H groups in total. The molecule has 0 saturated heterocycles. The molecule has 8 heteroatoms. The predicted molar refractivity (Wildman–Crippen MR) is 157 cm³/mol. The number of nitrogens with zero attached hydrogens (tertiary/aromatic N) is 2. The van der Waals surface area contributed by atoms with Crippen LogP contribution < -0.4 is 9.74 Å². The molecule has 4 rings (SSSR count). The van der Waals surface area contributed by atoms with Gasteiger partial charge in [-0.3, -0.25) is 0 Å². The lowest BCUT2D eigenvalue weighted by molar-refractivity contribution is -0.132. The Morgan fingerprint density at radius 3 is 2.54 bits per heavy atom. The highest BCUT2D eigenvalue weighted by Gasteiger charge is 2.39. The summed E-state index contributed by atoms with van der Waals surface area (Å²) < 4.78 is 11.8. The highest BCUT2D eigenvalue weighted by molar-refractivity contribution is 6.74. The molecule has 0 saturated carbocycles. The Bertz CT molecular complexity index is 1490. The monoisotopic (exact) mass is 541 g/mol. The molecule has 0 fully saturated rings. The molecule has 0 bridgehead atoms. The van der Waals surface area contributed by atoms with Gasteiger partial charge in [-0.2, -0.15) is 0 Å². The van der Waals surface area contributed by atoms with Crippen molar-refractivity contribution in [2.24, 2.45) is 0 Å². The third-order valence-corrected chi connectivity index (χ3v) is 11.3. The van der Waals surface area contributed by atoms with E-state index in [4.69, 9.17) is 13.8 Å². The fourth-order valence-electron chi connectivity index (χ4n) is 3.77. The number of aliphatic carboxylic acids is 1. The average Bonchev–Trinajstić information content (AvgIpc) is 3.37. The first-order chi connectivity index (χ1) is 18.4. The fourth-order valence-corrected chi connectivity index (χ4v) is 4.79. The first-order valence-electron chi connectivity index (χ1n) is 12.9. The summed E-state index contributed by atoms with van der Waals surface area (Å²) in [6.07, 6.45) is 5.04. The number of hydrogen-bond donors (Lipinski definition) is 2. The molecule has 2 aromatic heterocycles. The van der Waals surface area contributed by atoms with Crippen molar-refractivity contribution < 1.29 is 18.7 Å². The van der Waals surface area contributed by atoms with E-state index in [9.17, 15) is 9.90 Å². The quantitative estimate of drug-likeness (QED) is 0.167. The van der Waals surface area contributed by atoms with E-state index in [1.165, 1.54) is 12.3 Å². The average molecular weight is 542 g/mol. The number of rotatable bonds is 9. The van der Waals surface area contributed by atoms with Crippen molar-refractivity contribution in [2.45, 2.75) is 52.2 Å². The summed E-state index contributed by atoms with van der Waals surface area (Å²) in [6, 6.07) is 19.4. The molecule has 39 heavy (non-hydrogen) atoms. The highest BCUT2D eigenvalue weighted by atomic mass is 28.4. The molecule has 7 nitrogen and oxygen atoms in total. The van der Waals surface area contributed by atoms with E-state index < -0.39 is 14.3 Å². The Labute approximate surface area is 230 Å². The molecule has 2 heterocycles. The standard InChI is InChI=1S/C31H35N3O4Si/c1-21-10-7-11-22(16-21)17-26-29(34-27(30(35)36)19-24-14-9-15-37-24)32-20-28(33-26)23-12-8-13-25(18-23)38-39(5,6)31(2,3)4/h7-16,18-20H,17H2,1-6H3,(H,32,34)(H,35,36)/b27-19-. The van der Waals surface area contributed by atoms with Gasteiger partial charge >= 0.3 is 5.97 Å². The number of carboxylic acids is 1. The number of benzene rings is 2. The Morgan fingerprint density at radius 1 is 1.10 bits per heavy atom. The molecule has 202 valence electrons. The molecule has 0 atom stereocenters. The summed E-state index contributed by atoms with van der Waals surface area (Å²) in [6.45, 7) is 13.1. The van der Waals surface area contributed by atoms with Crippen LogP contribution in [0.25, 0.3) is 17.3 Å². The van der Waals surface area contributed by atoms with Gasteiger partial charge in [-0.15, -0.1) is 0 Å². The fraction of sp³-hybridized carbons (Fsp3) is 0.258. The second-order valence-electron chi connectivity index (χ2n) is 11.1. The number of carbonyl (C=O) groups is 1. The van der Waals surface area contributed by atoms with Crippen LogP contribution in [-0.2, 0) is 11.2 Å². The van der Waals surface area contributed by atoms with Crippen molar-refractivity contribution in [3.05, 3.63) is 101 Å². The summed E-state index contributed by atoms with van der Waals surface area (Å²) >= 11 is 0. The van der Waals surface area contributed by atoms with Crippen LogP contribution in [0.15, 0.2) is 83.2 Å². The maximum atomic E-state index is 12.0. The van der Waals surface area contributed by atoms with Gasteiger partial charge in [-0.1, -0.05) is 62.7 Å². The van der Waals surface area contributed by atoms with Gasteiger partial charge in [-0.05, 0) is 54.9 Å². The van der Waals surface area contributed by atoms with E-state index in [0.717, 1.165) is 22.4 Å². The van der Waals surface area contributed by atoms with Gasteiger partial charge in [0.15, 0.2) is 5.82 Å². The molecular formula is C31H35N3O4Si. The number of nitrogens with one attached hydrogen (secondary N) is 1. The van der Waals surface area contributed by atoms with Crippen molar-refractivity contribution in [3.63, 3.8) is 0 Å². The van der Waals surface area contributed by atoms with Gasteiger partial charge in [-0.25, -0.2) is 14.8 Å². The minimum absolute atomic E-state index is 0.0674. The molecule has 0 aliphatic rings. The third-order valence-electron chi connectivity index (χ3n) is 6.92. The maximum Gasteiger partial charge on any atom is 0.352 e. The summed E-state index contributed by atoms with van der Waals surface area (Å²) in [7, 11) is -2.02. The van der Waals surface area contributed by atoms with Crippen LogP contribution in [0, 0.1) is 6.92 Å². The number of carboxylic acid groups (broad SMARTS) is 1. The zero-order valence-electron chi connectivity index (χ0n) is 23.3. The first kappa shape index (κ1) is 27.9. The van der Waals surface area contributed by atoms with Gasteiger partial charge in [0.05, 0.1) is 23.8 Å². The molecular weight excluding hydrogens is 506 g/mol. The Kier molecular flexibility index (Phi) is 8.06. The lowest BCUT2D eigenvalue weighted by Crippen LogP contribution is -2.43. The van der Waals surface area contributed by atoms with Gasteiger partial charge in [0.2, 0.25) is 8.32 Å². The number of aryl methyl sites for hydroxylation is 1. The van der Waals surface area contributed by atoms with Crippen molar-refractivity contribution in [1.82, 2.24) is 9.97 Å².